The molecule has 3 aromatic rings. The molecule has 1 aromatic heterocycles. The lowest BCUT2D eigenvalue weighted by atomic mass is 10.2. The van der Waals surface area contributed by atoms with Gasteiger partial charge in [0, 0.05) is 42.6 Å². The van der Waals surface area contributed by atoms with Crippen molar-refractivity contribution < 1.29 is 9.36 Å². The van der Waals surface area contributed by atoms with Crippen LogP contribution in [0.5, 0.6) is 0 Å². The molecule has 33 heavy (non-hydrogen) atoms. The van der Waals surface area contributed by atoms with E-state index in [2.05, 4.69) is 57.1 Å². The number of aromatic nitrogens is 2. The number of unbranched alkanes of at least 4 members (excludes halogenated alkanes) is 2. The quantitative estimate of drug-likeness (QED) is 0.211. The highest BCUT2D eigenvalue weighted by Gasteiger charge is 2.22. The van der Waals surface area contributed by atoms with E-state index in [1.807, 2.05) is 19.2 Å². The van der Waals surface area contributed by atoms with E-state index in [1.165, 1.54) is 4.90 Å². The lowest BCUT2D eigenvalue weighted by Gasteiger charge is -2.04. The van der Waals surface area contributed by atoms with Crippen LogP contribution in [-0.4, -0.2) is 29.8 Å². The van der Waals surface area contributed by atoms with Crippen molar-refractivity contribution in [1.29, 1.82) is 0 Å². The summed E-state index contributed by atoms with van der Waals surface area (Å²) >= 11 is 14.4. The van der Waals surface area contributed by atoms with Crippen LogP contribution in [0.15, 0.2) is 41.3 Å². The fraction of sp³-hybridized carbons (Fsp3) is 0.360. The van der Waals surface area contributed by atoms with Crippen LogP contribution in [0.1, 0.15) is 37.1 Å². The Bertz CT molecular complexity index is 1130. The van der Waals surface area contributed by atoms with Gasteiger partial charge in [-0.05, 0) is 49.3 Å². The second-order valence-electron chi connectivity index (χ2n) is 7.88. The highest BCUT2D eigenvalue weighted by Crippen LogP contribution is 2.28. The van der Waals surface area contributed by atoms with E-state index in [4.69, 9.17) is 28.9 Å². The molecule has 5 nitrogen and oxygen atoms in total. The summed E-state index contributed by atoms with van der Waals surface area (Å²) in [4.78, 5) is 13.0. The lowest BCUT2D eigenvalue weighted by Crippen LogP contribution is -2.31. The first-order chi connectivity index (χ1) is 15.9. The number of imidazole rings is 1. The lowest BCUT2D eigenvalue weighted by molar-refractivity contribution is -0.647. The van der Waals surface area contributed by atoms with Gasteiger partial charge in [-0.15, -0.1) is 11.8 Å². The molecule has 0 aliphatic heterocycles. The van der Waals surface area contributed by atoms with Gasteiger partial charge in [-0.2, -0.15) is 0 Å². The number of nitrogens with zero attached hydrogens (tertiary/aromatic N) is 2. The van der Waals surface area contributed by atoms with E-state index in [-0.39, 0.29) is 5.91 Å². The van der Waals surface area contributed by atoms with Crippen LogP contribution in [0, 0.1) is 0 Å². The van der Waals surface area contributed by atoms with Crippen molar-refractivity contribution in [3.05, 3.63) is 57.8 Å². The molecule has 1 amide bonds. The number of amides is 1. The zero-order chi connectivity index (χ0) is 23.8. The largest absolute Gasteiger partial charge is 0.355 e. The number of carbonyl (C=O) groups is 1. The maximum absolute atomic E-state index is 11.8. The Labute approximate surface area is 209 Å². The molecule has 2 aromatic carbocycles. The third-order valence-electron chi connectivity index (χ3n) is 5.58. The summed E-state index contributed by atoms with van der Waals surface area (Å²) < 4.78 is 4.42. The monoisotopic (exact) mass is 505 g/mol. The van der Waals surface area contributed by atoms with Crippen molar-refractivity contribution in [2.24, 2.45) is 12.8 Å². The Morgan fingerprint density at radius 2 is 1.85 bits per heavy atom. The number of carbonyl (C=O) groups excluding carboxylic acids is 1. The molecule has 0 atom stereocenters. The van der Waals surface area contributed by atoms with Crippen LogP contribution in [0.4, 0.5) is 0 Å². The Morgan fingerprint density at radius 3 is 2.55 bits per heavy atom. The predicted molar refractivity (Wildman–Crippen MR) is 141 cm³/mol. The van der Waals surface area contributed by atoms with Gasteiger partial charge in [0.25, 0.3) is 5.82 Å². The van der Waals surface area contributed by atoms with Gasteiger partial charge in [-0.3, -0.25) is 4.79 Å². The average molecular weight is 507 g/mol. The summed E-state index contributed by atoms with van der Waals surface area (Å²) in [6.45, 7) is 1.82. The van der Waals surface area contributed by atoms with Crippen LogP contribution in [0.25, 0.3) is 23.2 Å². The maximum atomic E-state index is 11.8. The molecule has 3 N–H and O–H groups in total. The van der Waals surface area contributed by atoms with Crippen molar-refractivity contribution in [1.82, 2.24) is 9.88 Å². The molecule has 0 unspecified atom stereocenters. The summed E-state index contributed by atoms with van der Waals surface area (Å²) in [5.41, 5.74) is 8.65. The van der Waals surface area contributed by atoms with E-state index >= 15 is 0 Å². The SMILES string of the molecule is CSc1ccc(/C=C/c2n(CCCCCC(=O)NCCN)c3cc(Cl)c(Cl)cc3[n+]2C)cc1. The van der Waals surface area contributed by atoms with E-state index in [0.29, 0.717) is 29.6 Å². The zero-order valence-electron chi connectivity index (χ0n) is 19.1. The fourth-order valence-corrected chi connectivity index (χ4v) is 4.52. The number of nitrogens with one attached hydrogen (secondary N) is 1. The average Bonchev–Trinajstić information content (AvgIpc) is 3.06. The van der Waals surface area contributed by atoms with Gasteiger partial charge in [-0.25, -0.2) is 9.13 Å². The Balaban J connectivity index is 1.79. The summed E-state index contributed by atoms with van der Waals surface area (Å²) in [6, 6.07) is 12.4. The first-order valence-corrected chi connectivity index (χ1v) is 13.1. The number of nitrogens with two attached hydrogens (primary N) is 1. The van der Waals surface area contributed by atoms with E-state index < -0.39 is 0 Å². The van der Waals surface area contributed by atoms with Gasteiger partial charge in [0.2, 0.25) is 5.91 Å². The normalized spacial score (nSPS) is 11.5. The van der Waals surface area contributed by atoms with Crippen molar-refractivity contribution in [3.63, 3.8) is 0 Å². The highest BCUT2D eigenvalue weighted by molar-refractivity contribution is 7.98. The van der Waals surface area contributed by atoms with Crippen LogP contribution in [0.2, 0.25) is 10.0 Å². The van der Waals surface area contributed by atoms with Crippen molar-refractivity contribution in [2.45, 2.75) is 37.1 Å². The molecular formula is C25H31Cl2N4OS+. The fourth-order valence-electron chi connectivity index (χ4n) is 3.79. The third kappa shape index (κ3) is 6.76. The Hall–Kier alpha value is -1.99. The van der Waals surface area contributed by atoms with Gasteiger partial charge in [0.05, 0.1) is 23.6 Å². The number of thioether (sulfide) groups is 1. The van der Waals surface area contributed by atoms with Crippen molar-refractivity contribution in [3.8, 4) is 0 Å². The maximum Gasteiger partial charge on any atom is 0.282 e. The topological polar surface area (TPSA) is 63.9 Å². The van der Waals surface area contributed by atoms with Crippen LogP contribution in [0.3, 0.4) is 0 Å². The molecule has 0 aliphatic carbocycles. The minimum atomic E-state index is 0.0656. The third-order valence-corrected chi connectivity index (χ3v) is 7.05. The van der Waals surface area contributed by atoms with Crippen LogP contribution >= 0.6 is 35.0 Å². The second-order valence-corrected chi connectivity index (χ2v) is 9.57. The molecule has 0 saturated carbocycles. The van der Waals surface area contributed by atoms with Gasteiger partial charge in [-0.1, -0.05) is 35.3 Å². The van der Waals surface area contributed by atoms with Crippen molar-refractivity contribution >= 4 is 64.1 Å². The van der Waals surface area contributed by atoms with E-state index in [1.54, 1.807) is 11.8 Å². The number of hydrogen-bond acceptors (Lipinski definition) is 3. The number of fused-ring (bicyclic) bond motifs is 1. The molecular weight excluding hydrogens is 475 g/mol. The molecule has 0 spiro atoms. The predicted octanol–water partition coefficient (Wildman–Crippen LogP) is 5.30. The molecule has 0 radical (unpaired) electrons. The minimum absolute atomic E-state index is 0.0656. The minimum Gasteiger partial charge on any atom is -0.355 e. The molecule has 1 heterocycles. The zero-order valence-corrected chi connectivity index (χ0v) is 21.4. The highest BCUT2D eigenvalue weighted by atomic mass is 35.5. The van der Waals surface area contributed by atoms with Gasteiger partial charge >= 0.3 is 0 Å². The molecule has 0 fully saturated rings. The van der Waals surface area contributed by atoms with Gasteiger partial charge < -0.3 is 11.1 Å². The van der Waals surface area contributed by atoms with E-state index in [0.717, 1.165) is 48.2 Å². The molecule has 0 bridgehead atoms. The van der Waals surface area contributed by atoms with Gasteiger partial charge in [0.15, 0.2) is 11.0 Å². The molecule has 3 rings (SSSR count). The smallest absolute Gasteiger partial charge is 0.282 e. The molecule has 0 aliphatic rings. The number of hydrogen-bond donors (Lipinski definition) is 2. The summed E-state index contributed by atoms with van der Waals surface area (Å²) in [5, 5.41) is 3.91. The van der Waals surface area contributed by atoms with Crippen LogP contribution in [-0.2, 0) is 18.4 Å². The first-order valence-electron chi connectivity index (χ1n) is 11.1. The van der Waals surface area contributed by atoms with Crippen LogP contribution < -0.4 is 15.6 Å². The number of halogens is 2. The summed E-state index contributed by atoms with van der Waals surface area (Å²) in [6.07, 6.45) is 9.63. The second kappa shape index (κ2) is 12.5. The Morgan fingerprint density at radius 1 is 1.12 bits per heavy atom. The first kappa shape index (κ1) is 25.6. The van der Waals surface area contributed by atoms with Crippen molar-refractivity contribution in [2.75, 3.05) is 19.3 Å². The number of benzene rings is 2. The molecule has 0 saturated heterocycles. The molecule has 176 valence electrons. The summed E-state index contributed by atoms with van der Waals surface area (Å²) in [7, 11) is 2.04. The summed E-state index contributed by atoms with van der Waals surface area (Å²) in [5.74, 6) is 1.13. The van der Waals surface area contributed by atoms with Gasteiger partial charge in [0.1, 0.15) is 0 Å². The number of aryl methyl sites for hydroxylation is 2. The van der Waals surface area contributed by atoms with E-state index in [9.17, 15) is 4.79 Å². The Kier molecular flexibility index (Phi) is 9.68. The molecule has 8 heteroatoms. The number of rotatable bonds is 11. The standard InChI is InChI=1S/C25H30Cl2N4OS/c1-30-22-16-20(26)21(27)17-23(22)31(15-5-3-4-6-24(32)29-14-13-28)25(30)12-9-18-7-10-19(33-2)11-8-18/h7-12,16-17H,3-6,13-15,28H2,1-2H3/p+1/b12-9+.